The summed E-state index contributed by atoms with van der Waals surface area (Å²) in [7, 11) is -4.18. The van der Waals surface area contributed by atoms with Crippen LogP contribution in [0.25, 0.3) is 0 Å². The van der Waals surface area contributed by atoms with Crippen molar-refractivity contribution in [3.05, 3.63) is 34.1 Å². The Kier molecular flexibility index (Phi) is 5.03. The zero-order chi connectivity index (χ0) is 16.4. The highest BCUT2D eigenvalue weighted by Crippen LogP contribution is 2.23. The van der Waals surface area contributed by atoms with Gasteiger partial charge in [-0.05, 0) is 18.9 Å². The minimum Gasteiger partial charge on any atom is -0.329 e. The van der Waals surface area contributed by atoms with Crippen LogP contribution in [-0.2, 0) is 10.0 Å². The number of nitrogens with two attached hydrogens (primary N) is 1. The van der Waals surface area contributed by atoms with Gasteiger partial charge in [0.15, 0.2) is 0 Å². The Bertz CT molecular complexity index is 648. The SMILES string of the molecule is CC(C)C(C)(CN)NS(=O)(=O)c1ccc([N+](=O)[O-])cc1F. The van der Waals surface area contributed by atoms with Gasteiger partial charge in [0.05, 0.1) is 11.0 Å². The van der Waals surface area contributed by atoms with Gasteiger partial charge in [0, 0.05) is 18.2 Å². The molecule has 1 aromatic carbocycles. The van der Waals surface area contributed by atoms with Crippen LogP contribution in [-0.4, -0.2) is 25.4 Å². The number of sulfonamides is 1. The lowest BCUT2D eigenvalue weighted by molar-refractivity contribution is -0.385. The van der Waals surface area contributed by atoms with Gasteiger partial charge in [-0.15, -0.1) is 0 Å². The quantitative estimate of drug-likeness (QED) is 0.607. The number of hydrogen-bond donors (Lipinski definition) is 2. The molecule has 0 aromatic heterocycles. The van der Waals surface area contributed by atoms with Gasteiger partial charge in [-0.25, -0.2) is 17.5 Å². The van der Waals surface area contributed by atoms with Gasteiger partial charge in [-0.2, -0.15) is 0 Å². The molecule has 0 heterocycles. The molecule has 7 nitrogen and oxygen atoms in total. The molecule has 0 spiro atoms. The molecule has 0 aliphatic carbocycles. The first-order chi connectivity index (χ1) is 9.53. The van der Waals surface area contributed by atoms with Gasteiger partial charge in [0.2, 0.25) is 10.0 Å². The van der Waals surface area contributed by atoms with E-state index in [2.05, 4.69) is 4.72 Å². The first-order valence-electron chi connectivity index (χ1n) is 6.21. The van der Waals surface area contributed by atoms with Crippen molar-refractivity contribution in [1.29, 1.82) is 0 Å². The van der Waals surface area contributed by atoms with E-state index in [0.29, 0.717) is 6.07 Å². The Hall–Kier alpha value is -1.58. The van der Waals surface area contributed by atoms with E-state index in [1.807, 2.05) is 0 Å². The molecule has 0 fully saturated rings. The third kappa shape index (κ3) is 3.74. The van der Waals surface area contributed by atoms with Crippen molar-refractivity contribution in [2.75, 3.05) is 6.54 Å². The van der Waals surface area contributed by atoms with Crippen LogP contribution in [0.15, 0.2) is 23.1 Å². The van der Waals surface area contributed by atoms with Crippen molar-refractivity contribution in [3.63, 3.8) is 0 Å². The van der Waals surface area contributed by atoms with E-state index in [1.54, 1.807) is 20.8 Å². The van der Waals surface area contributed by atoms with Gasteiger partial charge in [0.1, 0.15) is 10.7 Å². The molecule has 1 unspecified atom stereocenters. The number of nitrogens with zero attached hydrogens (tertiary/aromatic N) is 1. The Morgan fingerprint density at radius 3 is 2.43 bits per heavy atom. The molecule has 1 atom stereocenters. The van der Waals surface area contributed by atoms with Crippen LogP contribution in [0.5, 0.6) is 0 Å². The number of nitro groups is 1. The van der Waals surface area contributed by atoms with E-state index in [1.165, 1.54) is 0 Å². The molecule has 1 aromatic rings. The Morgan fingerprint density at radius 2 is 2.05 bits per heavy atom. The second kappa shape index (κ2) is 6.04. The lowest BCUT2D eigenvalue weighted by atomic mass is 9.90. The first-order valence-corrected chi connectivity index (χ1v) is 7.70. The molecule has 21 heavy (non-hydrogen) atoms. The van der Waals surface area contributed by atoms with Gasteiger partial charge in [-0.1, -0.05) is 13.8 Å². The molecule has 0 saturated carbocycles. The summed E-state index contributed by atoms with van der Waals surface area (Å²) in [5.74, 6) is -1.31. The lowest BCUT2D eigenvalue weighted by Gasteiger charge is -2.33. The van der Waals surface area contributed by atoms with Crippen LogP contribution < -0.4 is 10.5 Å². The fourth-order valence-corrected chi connectivity index (χ4v) is 3.18. The van der Waals surface area contributed by atoms with Crippen LogP contribution in [0.4, 0.5) is 10.1 Å². The predicted molar refractivity (Wildman–Crippen MR) is 75.7 cm³/mol. The van der Waals surface area contributed by atoms with Gasteiger partial charge < -0.3 is 5.73 Å². The highest BCUT2D eigenvalue weighted by molar-refractivity contribution is 7.89. The highest BCUT2D eigenvalue weighted by atomic mass is 32.2. The molecular weight excluding hydrogens is 301 g/mol. The summed E-state index contributed by atoms with van der Waals surface area (Å²) in [5, 5.41) is 10.5. The van der Waals surface area contributed by atoms with Crippen molar-refractivity contribution in [2.24, 2.45) is 11.7 Å². The zero-order valence-corrected chi connectivity index (χ0v) is 12.8. The molecule has 3 N–H and O–H groups in total. The average Bonchev–Trinajstić information content (AvgIpc) is 2.37. The highest BCUT2D eigenvalue weighted by Gasteiger charge is 2.34. The second-order valence-corrected chi connectivity index (χ2v) is 6.90. The molecule has 0 aliphatic rings. The molecule has 1 rings (SSSR count). The minimum absolute atomic E-state index is 0.0263. The monoisotopic (exact) mass is 319 g/mol. The molecule has 118 valence electrons. The summed E-state index contributed by atoms with van der Waals surface area (Å²) in [4.78, 5) is 9.09. The molecule has 0 bridgehead atoms. The molecule has 0 radical (unpaired) electrons. The number of nitro benzene ring substituents is 1. The number of benzene rings is 1. The van der Waals surface area contributed by atoms with Gasteiger partial charge >= 0.3 is 0 Å². The fraction of sp³-hybridized carbons (Fsp3) is 0.500. The molecule has 9 heteroatoms. The number of rotatable bonds is 6. The molecule has 0 saturated heterocycles. The molecule has 0 amide bonds. The minimum atomic E-state index is -4.18. The third-order valence-corrected chi connectivity index (χ3v) is 5.13. The summed E-state index contributed by atoms with van der Waals surface area (Å²) in [5.41, 5.74) is 4.12. The van der Waals surface area contributed by atoms with E-state index >= 15 is 0 Å². The van der Waals surface area contributed by atoms with E-state index < -0.39 is 36.9 Å². The van der Waals surface area contributed by atoms with E-state index in [4.69, 9.17) is 5.73 Å². The van der Waals surface area contributed by atoms with Crippen LogP contribution in [0.2, 0.25) is 0 Å². The normalized spacial score (nSPS) is 15.0. The largest absolute Gasteiger partial charge is 0.329 e. The summed E-state index contributed by atoms with van der Waals surface area (Å²) < 4.78 is 40.7. The number of hydrogen-bond acceptors (Lipinski definition) is 5. The summed E-state index contributed by atoms with van der Waals surface area (Å²) >= 11 is 0. The Labute approximate surface area is 122 Å². The van der Waals surface area contributed by atoms with Crippen LogP contribution in [0.3, 0.4) is 0 Å². The standard InChI is InChI=1S/C12H18FN3O4S/c1-8(2)12(3,7-14)15-21(19,20)11-5-4-9(16(17)18)6-10(11)13/h4-6,8,15H,7,14H2,1-3H3. The zero-order valence-electron chi connectivity index (χ0n) is 12.0. The predicted octanol–water partition coefficient (Wildman–Crippen LogP) is 1.39. The van der Waals surface area contributed by atoms with E-state index in [0.717, 1.165) is 12.1 Å². The maximum absolute atomic E-state index is 13.8. The van der Waals surface area contributed by atoms with Crippen LogP contribution in [0.1, 0.15) is 20.8 Å². The van der Waals surface area contributed by atoms with Crippen molar-refractivity contribution < 1.29 is 17.7 Å². The Morgan fingerprint density at radius 1 is 1.48 bits per heavy atom. The van der Waals surface area contributed by atoms with Gasteiger partial charge in [-0.3, -0.25) is 10.1 Å². The van der Waals surface area contributed by atoms with Crippen molar-refractivity contribution >= 4 is 15.7 Å². The second-order valence-electron chi connectivity index (χ2n) is 5.25. The number of nitrogens with one attached hydrogen (secondary N) is 1. The molecule has 0 aliphatic heterocycles. The maximum atomic E-state index is 13.8. The summed E-state index contributed by atoms with van der Waals surface area (Å²) in [6.45, 7) is 5.19. The van der Waals surface area contributed by atoms with Crippen molar-refractivity contribution in [2.45, 2.75) is 31.2 Å². The first kappa shape index (κ1) is 17.5. The van der Waals surface area contributed by atoms with Crippen molar-refractivity contribution in [1.82, 2.24) is 4.72 Å². The number of non-ortho nitro benzene ring substituents is 1. The lowest BCUT2D eigenvalue weighted by Crippen LogP contribution is -2.54. The summed E-state index contributed by atoms with van der Waals surface area (Å²) in [6, 6.07) is 2.38. The van der Waals surface area contributed by atoms with E-state index in [9.17, 15) is 22.9 Å². The maximum Gasteiger partial charge on any atom is 0.272 e. The smallest absolute Gasteiger partial charge is 0.272 e. The Balaban J connectivity index is 3.23. The average molecular weight is 319 g/mol. The summed E-state index contributed by atoms with van der Waals surface area (Å²) in [6.07, 6.45) is 0. The van der Waals surface area contributed by atoms with Crippen LogP contribution in [0, 0.1) is 21.8 Å². The number of halogens is 1. The molecular formula is C12H18FN3O4S. The topological polar surface area (TPSA) is 115 Å². The van der Waals surface area contributed by atoms with Crippen molar-refractivity contribution in [3.8, 4) is 0 Å². The van der Waals surface area contributed by atoms with Gasteiger partial charge in [0.25, 0.3) is 5.69 Å². The van der Waals surface area contributed by atoms with E-state index in [-0.39, 0.29) is 12.5 Å². The third-order valence-electron chi connectivity index (χ3n) is 3.48. The fourth-order valence-electron chi connectivity index (χ4n) is 1.58. The van der Waals surface area contributed by atoms with Crippen LogP contribution >= 0.6 is 0 Å².